The minimum atomic E-state index is -5.08. The third kappa shape index (κ3) is 5.48. The van der Waals surface area contributed by atoms with Crippen LogP contribution < -0.4 is 0 Å². The molecule has 3 rings (SSSR count). The second kappa shape index (κ2) is 9.58. The first-order valence-corrected chi connectivity index (χ1v) is 9.64. The summed E-state index contributed by atoms with van der Waals surface area (Å²) in [6.07, 6.45) is -2.09. The smallest absolute Gasteiger partial charge is 0.475 e. The van der Waals surface area contributed by atoms with Gasteiger partial charge in [-0.15, -0.1) is 0 Å². The Morgan fingerprint density at radius 1 is 1.21 bits per heavy atom. The van der Waals surface area contributed by atoms with E-state index in [-0.39, 0.29) is 18.1 Å². The highest BCUT2D eigenvalue weighted by Crippen LogP contribution is 2.45. The molecule has 0 bridgehead atoms. The number of aliphatic hydroxyl groups excluding tert-OH is 1. The van der Waals surface area contributed by atoms with Crippen LogP contribution in [0.1, 0.15) is 37.7 Å². The highest BCUT2D eigenvalue weighted by Gasteiger charge is 2.51. The van der Waals surface area contributed by atoms with Crippen LogP contribution in [0.2, 0.25) is 0 Å². The van der Waals surface area contributed by atoms with E-state index in [0.29, 0.717) is 5.91 Å². The molecular formula is C20H27F3N2O4. The number of aliphatic hydroxyl groups is 1. The largest absolute Gasteiger partial charge is 0.490 e. The molecule has 29 heavy (non-hydrogen) atoms. The molecule has 0 aromatic heterocycles. The zero-order chi connectivity index (χ0) is 21.7. The molecule has 1 unspecified atom stereocenters. The first-order chi connectivity index (χ1) is 13.6. The number of rotatable bonds is 4. The number of piperidine rings is 1. The topological polar surface area (TPSA) is 81.1 Å². The number of halogens is 3. The summed E-state index contributed by atoms with van der Waals surface area (Å²) in [7, 11) is 0. The lowest BCUT2D eigenvalue weighted by atomic mass is 9.81. The lowest BCUT2D eigenvalue weighted by Crippen LogP contribution is -2.53. The molecule has 1 aromatic rings. The summed E-state index contributed by atoms with van der Waals surface area (Å²) < 4.78 is 31.7. The highest BCUT2D eigenvalue weighted by molar-refractivity contribution is 5.87. The summed E-state index contributed by atoms with van der Waals surface area (Å²) in [4.78, 5) is 26.2. The molecule has 0 saturated carbocycles. The van der Waals surface area contributed by atoms with E-state index in [1.165, 1.54) is 0 Å². The third-order valence-electron chi connectivity index (χ3n) is 5.68. The maximum atomic E-state index is 12.9. The number of aliphatic carboxylic acids is 1. The molecule has 1 atom stereocenters. The molecule has 1 spiro atoms. The van der Waals surface area contributed by atoms with Crippen molar-refractivity contribution < 1.29 is 33.0 Å². The van der Waals surface area contributed by atoms with E-state index >= 15 is 0 Å². The van der Waals surface area contributed by atoms with Gasteiger partial charge in [-0.3, -0.25) is 4.79 Å². The van der Waals surface area contributed by atoms with Gasteiger partial charge in [-0.2, -0.15) is 13.2 Å². The summed E-state index contributed by atoms with van der Waals surface area (Å²) >= 11 is 0. The van der Waals surface area contributed by atoms with Crippen LogP contribution in [0.25, 0.3) is 0 Å². The van der Waals surface area contributed by atoms with Crippen LogP contribution in [0.15, 0.2) is 30.3 Å². The second-order valence-electron chi connectivity index (χ2n) is 7.34. The number of carbonyl (C=O) groups excluding carboxylic acids is 1. The Hall–Kier alpha value is -2.13. The van der Waals surface area contributed by atoms with E-state index in [4.69, 9.17) is 15.0 Å². The number of alkyl halides is 3. The molecule has 2 saturated heterocycles. The van der Waals surface area contributed by atoms with Gasteiger partial charge in [0.15, 0.2) is 0 Å². The van der Waals surface area contributed by atoms with Gasteiger partial charge >= 0.3 is 12.1 Å². The molecule has 2 heterocycles. The molecule has 9 heteroatoms. The van der Waals surface area contributed by atoms with Gasteiger partial charge in [-0.25, -0.2) is 4.79 Å². The number of likely N-dealkylation sites (tertiary alicyclic amines) is 2. The van der Waals surface area contributed by atoms with Gasteiger partial charge in [0.2, 0.25) is 5.91 Å². The van der Waals surface area contributed by atoms with Gasteiger partial charge in [-0.1, -0.05) is 30.3 Å². The van der Waals surface area contributed by atoms with Crippen molar-refractivity contribution in [1.82, 2.24) is 9.80 Å². The molecular weight excluding hydrogens is 389 g/mol. The number of hydrogen-bond acceptors (Lipinski definition) is 4. The van der Waals surface area contributed by atoms with Gasteiger partial charge in [-0.05, 0) is 31.7 Å². The number of carbonyl (C=O) groups is 2. The average molecular weight is 416 g/mol. The van der Waals surface area contributed by atoms with Crippen LogP contribution in [0, 0.1) is 0 Å². The molecule has 2 aliphatic heterocycles. The maximum absolute atomic E-state index is 12.9. The summed E-state index contributed by atoms with van der Waals surface area (Å²) in [6.45, 7) is 5.81. The Bertz CT molecular complexity index is 689. The zero-order valence-corrected chi connectivity index (χ0v) is 16.4. The van der Waals surface area contributed by atoms with E-state index in [2.05, 4.69) is 28.9 Å². The van der Waals surface area contributed by atoms with Crippen molar-refractivity contribution in [3.05, 3.63) is 35.9 Å². The second-order valence-corrected chi connectivity index (χ2v) is 7.34. The van der Waals surface area contributed by atoms with Gasteiger partial charge < -0.3 is 20.0 Å². The van der Waals surface area contributed by atoms with Crippen molar-refractivity contribution in [2.45, 2.75) is 43.8 Å². The number of β-amino-alcohol motifs (C(OH)–C–C–N with tert-alkyl or cyclic N) is 1. The van der Waals surface area contributed by atoms with E-state index in [1.807, 2.05) is 18.2 Å². The predicted molar refractivity (Wildman–Crippen MR) is 100 cm³/mol. The number of nitrogens with zero attached hydrogens (tertiary/aromatic N) is 2. The number of carboxylic acid groups (broad SMARTS) is 1. The predicted octanol–water partition coefficient (Wildman–Crippen LogP) is 2.48. The Balaban J connectivity index is 0.000000370. The molecule has 1 amide bonds. The van der Waals surface area contributed by atoms with E-state index in [1.54, 1.807) is 0 Å². The van der Waals surface area contributed by atoms with Crippen molar-refractivity contribution >= 4 is 11.9 Å². The van der Waals surface area contributed by atoms with Gasteiger partial charge in [0.25, 0.3) is 0 Å². The van der Waals surface area contributed by atoms with Crippen LogP contribution in [0.3, 0.4) is 0 Å². The summed E-state index contributed by atoms with van der Waals surface area (Å²) in [5.74, 6) is -2.44. The monoisotopic (exact) mass is 416 g/mol. The molecule has 0 aliphatic carbocycles. The van der Waals surface area contributed by atoms with Crippen molar-refractivity contribution in [2.75, 3.05) is 32.8 Å². The zero-order valence-electron chi connectivity index (χ0n) is 16.4. The molecule has 0 radical (unpaired) electrons. The molecule has 1 aromatic carbocycles. The lowest BCUT2D eigenvalue weighted by Gasteiger charge is -2.44. The Labute approximate surface area is 167 Å². The summed E-state index contributed by atoms with van der Waals surface area (Å²) in [5.41, 5.74) is 1.18. The lowest BCUT2D eigenvalue weighted by molar-refractivity contribution is -0.192. The van der Waals surface area contributed by atoms with Crippen molar-refractivity contribution in [3.63, 3.8) is 0 Å². The average Bonchev–Trinajstić information content (AvgIpc) is 2.96. The number of amides is 1. The van der Waals surface area contributed by atoms with Crippen LogP contribution in [-0.2, 0) is 9.59 Å². The standard InChI is InChI=1S/C18H26N2O2.C2HF3O2/c1-2-20-17(22)16(15-6-4-3-5-7-15)14-18(20)8-10-19(11-9-18)12-13-21;3-2(4,5)1(6)7/h3-7,16,21H,2,8-14H2,1H3;(H,6,7). The minimum absolute atomic E-state index is 0.0190. The third-order valence-corrected chi connectivity index (χ3v) is 5.68. The summed E-state index contributed by atoms with van der Waals surface area (Å²) in [5, 5.41) is 16.2. The van der Waals surface area contributed by atoms with Crippen molar-refractivity contribution in [3.8, 4) is 0 Å². The quantitative estimate of drug-likeness (QED) is 0.788. The van der Waals surface area contributed by atoms with Gasteiger partial charge in [0, 0.05) is 31.7 Å². The fourth-order valence-corrected chi connectivity index (χ4v) is 4.24. The van der Waals surface area contributed by atoms with Crippen LogP contribution >= 0.6 is 0 Å². The number of likely N-dealkylation sites (N-methyl/N-ethyl adjacent to an activating group) is 1. The highest BCUT2D eigenvalue weighted by atomic mass is 19.4. The fraction of sp³-hybridized carbons (Fsp3) is 0.600. The Kier molecular flexibility index (Phi) is 7.65. The molecule has 2 fully saturated rings. The number of hydrogen-bond donors (Lipinski definition) is 2. The first-order valence-electron chi connectivity index (χ1n) is 9.64. The SMILES string of the molecule is CCN1C(=O)C(c2ccccc2)CC12CCN(CCO)CC2.O=C(O)C(F)(F)F. The number of benzene rings is 1. The molecule has 162 valence electrons. The fourth-order valence-electron chi connectivity index (χ4n) is 4.24. The minimum Gasteiger partial charge on any atom is -0.475 e. The van der Waals surface area contributed by atoms with Crippen LogP contribution in [-0.4, -0.2) is 76.4 Å². The molecule has 2 aliphatic rings. The normalized spacial score (nSPS) is 21.8. The molecule has 2 N–H and O–H groups in total. The van der Waals surface area contributed by atoms with Crippen LogP contribution in [0.4, 0.5) is 13.2 Å². The van der Waals surface area contributed by atoms with E-state index in [0.717, 1.165) is 51.0 Å². The summed E-state index contributed by atoms with van der Waals surface area (Å²) in [6, 6.07) is 10.2. The van der Waals surface area contributed by atoms with E-state index < -0.39 is 12.1 Å². The van der Waals surface area contributed by atoms with E-state index in [9.17, 15) is 18.0 Å². The first kappa shape index (κ1) is 23.2. The maximum Gasteiger partial charge on any atom is 0.490 e. The van der Waals surface area contributed by atoms with Crippen molar-refractivity contribution in [2.24, 2.45) is 0 Å². The van der Waals surface area contributed by atoms with Gasteiger partial charge in [0.1, 0.15) is 0 Å². The van der Waals surface area contributed by atoms with Gasteiger partial charge in [0.05, 0.1) is 12.5 Å². The van der Waals surface area contributed by atoms with Crippen LogP contribution in [0.5, 0.6) is 0 Å². The Morgan fingerprint density at radius 3 is 2.21 bits per heavy atom. The van der Waals surface area contributed by atoms with Crippen molar-refractivity contribution in [1.29, 1.82) is 0 Å². The molecule has 6 nitrogen and oxygen atoms in total. The number of carboxylic acids is 1. The Morgan fingerprint density at radius 2 is 1.76 bits per heavy atom.